The van der Waals surface area contributed by atoms with Gasteiger partial charge in [-0.1, -0.05) is 75.0 Å². The van der Waals surface area contributed by atoms with Gasteiger partial charge in [0.2, 0.25) is 0 Å². The topological polar surface area (TPSA) is 78.9 Å². The SMILES string of the molecule is C=CC(=O)OCCC(C)(CC)OC(=O)CCC(C)(CC)C(=O)OCc1ccc2ccc3cccc4ccc1c2c34. The maximum absolute atomic E-state index is 13.3. The molecule has 0 saturated carbocycles. The molecule has 0 fully saturated rings. The van der Waals surface area contributed by atoms with Gasteiger partial charge in [-0.3, -0.25) is 9.59 Å². The maximum atomic E-state index is 13.3. The van der Waals surface area contributed by atoms with Crippen molar-refractivity contribution in [3.05, 3.63) is 72.8 Å². The van der Waals surface area contributed by atoms with Crippen molar-refractivity contribution in [1.29, 1.82) is 0 Å². The first-order chi connectivity index (χ1) is 19.1. The molecule has 4 rings (SSSR count). The third kappa shape index (κ3) is 6.11. The quantitative estimate of drug-likeness (QED) is 0.0747. The lowest BCUT2D eigenvalue weighted by atomic mass is 9.83. The molecule has 0 spiro atoms. The molecular weight excluding hydrogens is 504 g/mol. The Kier molecular flexibility index (Phi) is 8.77. The molecular formula is C34H38O6. The van der Waals surface area contributed by atoms with Crippen LogP contribution < -0.4 is 0 Å². The molecule has 2 unspecified atom stereocenters. The second-order valence-corrected chi connectivity index (χ2v) is 11.0. The van der Waals surface area contributed by atoms with Crippen molar-refractivity contribution in [2.75, 3.05) is 6.61 Å². The molecule has 2 atom stereocenters. The number of rotatable bonds is 13. The van der Waals surface area contributed by atoms with Gasteiger partial charge in [0.05, 0.1) is 12.0 Å². The first-order valence-electron chi connectivity index (χ1n) is 14.0. The van der Waals surface area contributed by atoms with Gasteiger partial charge in [-0.2, -0.15) is 0 Å². The highest BCUT2D eigenvalue weighted by Gasteiger charge is 2.35. The van der Waals surface area contributed by atoms with E-state index in [2.05, 4.69) is 55.1 Å². The predicted octanol–water partition coefficient (Wildman–Crippen LogP) is 7.65. The van der Waals surface area contributed by atoms with E-state index in [9.17, 15) is 14.4 Å². The fourth-order valence-corrected chi connectivity index (χ4v) is 5.09. The van der Waals surface area contributed by atoms with Gasteiger partial charge in [0.1, 0.15) is 12.2 Å². The van der Waals surface area contributed by atoms with Crippen LogP contribution in [0.15, 0.2) is 67.3 Å². The van der Waals surface area contributed by atoms with E-state index >= 15 is 0 Å². The van der Waals surface area contributed by atoms with Crippen LogP contribution >= 0.6 is 0 Å². The smallest absolute Gasteiger partial charge is 0.330 e. The van der Waals surface area contributed by atoms with Crippen molar-refractivity contribution in [2.45, 2.75) is 72.0 Å². The molecule has 0 saturated heterocycles. The summed E-state index contributed by atoms with van der Waals surface area (Å²) in [4.78, 5) is 37.4. The summed E-state index contributed by atoms with van der Waals surface area (Å²) < 4.78 is 16.7. The van der Waals surface area contributed by atoms with Gasteiger partial charge in [-0.25, -0.2) is 4.79 Å². The van der Waals surface area contributed by atoms with Crippen molar-refractivity contribution in [3.8, 4) is 0 Å². The molecule has 0 aromatic heterocycles. The van der Waals surface area contributed by atoms with E-state index in [1.54, 1.807) is 0 Å². The largest absolute Gasteiger partial charge is 0.462 e. The molecule has 0 aliphatic rings. The van der Waals surface area contributed by atoms with Crippen molar-refractivity contribution in [2.24, 2.45) is 5.41 Å². The minimum absolute atomic E-state index is 0.0835. The summed E-state index contributed by atoms with van der Waals surface area (Å²) in [6, 6.07) is 18.9. The molecule has 0 aliphatic heterocycles. The van der Waals surface area contributed by atoms with E-state index in [4.69, 9.17) is 14.2 Å². The Morgan fingerprint density at radius 3 is 2.12 bits per heavy atom. The Morgan fingerprint density at radius 1 is 0.825 bits per heavy atom. The number of hydrogen-bond acceptors (Lipinski definition) is 6. The zero-order valence-corrected chi connectivity index (χ0v) is 23.9. The minimum atomic E-state index is -0.828. The Morgan fingerprint density at radius 2 is 1.48 bits per heavy atom. The Labute approximate surface area is 235 Å². The van der Waals surface area contributed by atoms with Gasteiger partial charge < -0.3 is 14.2 Å². The first kappa shape index (κ1) is 29.1. The van der Waals surface area contributed by atoms with Crippen LogP contribution in [0.4, 0.5) is 0 Å². The molecule has 0 radical (unpaired) electrons. The van der Waals surface area contributed by atoms with Crippen LogP contribution in [0, 0.1) is 5.41 Å². The summed E-state index contributed by atoms with van der Waals surface area (Å²) in [6.45, 7) is 11.1. The predicted molar refractivity (Wildman–Crippen MR) is 158 cm³/mol. The molecule has 40 heavy (non-hydrogen) atoms. The highest BCUT2D eigenvalue weighted by molar-refractivity contribution is 6.23. The number of ether oxygens (including phenoxy) is 3. The average molecular weight is 543 g/mol. The van der Waals surface area contributed by atoms with Crippen molar-refractivity contribution < 1.29 is 28.6 Å². The Balaban J connectivity index is 1.40. The van der Waals surface area contributed by atoms with Gasteiger partial charge >= 0.3 is 17.9 Å². The van der Waals surface area contributed by atoms with Crippen LogP contribution in [0.3, 0.4) is 0 Å². The second-order valence-electron chi connectivity index (χ2n) is 11.0. The summed E-state index contributed by atoms with van der Waals surface area (Å²) in [5.41, 5.74) is -0.644. The molecule has 0 N–H and O–H groups in total. The van der Waals surface area contributed by atoms with E-state index in [1.807, 2.05) is 33.8 Å². The summed E-state index contributed by atoms with van der Waals surface area (Å²) in [7, 11) is 0. The van der Waals surface area contributed by atoms with Gasteiger partial charge in [0, 0.05) is 18.9 Å². The molecule has 6 heteroatoms. The normalized spacial score (nSPS) is 14.5. The van der Waals surface area contributed by atoms with Gasteiger partial charge in [-0.05, 0) is 71.0 Å². The maximum Gasteiger partial charge on any atom is 0.330 e. The molecule has 4 aromatic rings. The molecule has 0 aliphatic carbocycles. The molecule has 6 nitrogen and oxygen atoms in total. The lowest BCUT2D eigenvalue weighted by Crippen LogP contribution is -2.34. The standard InChI is InChI=1S/C34H38O6/c1-6-28(35)38-21-20-34(5,8-3)40-29(36)18-19-33(4,7-2)32(37)39-22-26-15-14-25-13-12-23-10-9-11-24-16-17-27(26)31(25)30(23)24/h6,9-17H,1,7-8,18-22H2,2-5H3. The molecule has 210 valence electrons. The lowest BCUT2D eigenvalue weighted by molar-refractivity contribution is -0.163. The average Bonchev–Trinajstić information content (AvgIpc) is 2.97. The summed E-state index contributed by atoms with van der Waals surface area (Å²) in [6.07, 6.45) is 2.97. The zero-order valence-electron chi connectivity index (χ0n) is 23.9. The van der Waals surface area contributed by atoms with Crippen molar-refractivity contribution in [1.82, 2.24) is 0 Å². The van der Waals surface area contributed by atoms with E-state index in [0.717, 1.165) is 22.4 Å². The van der Waals surface area contributed by atoms with Crippen LogP contribution in [0.1, 0.15) is 65.4 Å². The highest BCUT2D eigenvalue weighted by atomic mass is 16.6. The molecule has 0 amide bonds. The number of carbonyl (C=O) groups excluding carboxylic acids is 3. The van der Waals surface area contributed by atoms with Crippen molar-refractivity contribution >= 4 is 50.2 Å². The highest BCUT2D eigenvalue weighted by Crippen LogP contribution is 2.37. The molecule has 4 aromatic carbocycles. The zero-order chi connectivity index (χ0) is 28.9. The van der Waals surface area contributed by atoms with Gasteiger partial charge in [-0.15, -0.1) is 0 Å². The Bertz CT molecular complexity index is 1520. The number of hydrogen-bond donors (Lipinski definition) is 0. The fourth-order valence-electron chi connectivity index (χ4n) is 5.09. The fraction of sp³-hybridized carbons (Fsp3) is 0.382. The third-order valence-electron chi connectivity index (χ3n) is 8.28. The Hall–Kier alpha value is -3.93. The minimum Gasteiger partial charge on any atom is -0.462 e. The number of carbonyl (C=O) groups is 3. The third-order valence-corrected chi connectivity index (χ3v) is 8.28. The van der Waals surface area contributed by atoms with Crippen LogP contribution in [-0.2, 0) is 35.2 Å². The number of esters is 3. The van der Waals surface area contributed by atoms with E-state index in [-0.39, 0.29) is 25.6 Å². The second kappa shape index (κ2) is 12.1. The van der Waals surface area contributed by atoms with E-state index < -0.39 is 23.0 Å². The van der Waals surface area contributed by atoms with Crippen LogP contribution in [-0.4, -0.2) is 30.1 Å². The first-order valence-corrected chi connectivity index (χ1v) is 14.0. The lowest BCUT2D eigenvalue weighted by Gasteiger charge is -2.30. The van der Waals surface area contributed by atoms with Crippen molar-refractivity contribution in [3.63, 3.8) is 0 Å². The van der Waals surface area contributed by atoms with Crippen LogP contribution in [0.2, 0.25) is 0 Å². The van der Waals surface area contributed by atoms with Gasteiger partial charge in [0.15, 0.2) is 0 Å². The van der Waals surface area contributed by atoms with Crippen LogP contribution in [0.25, 0.3) is 32.3 Å². The summed E-state index contributed by atoms with van der Waals surface area (Å²) in [5.74, 6) is -1.23. The van der Waals surface area contributed by atoms with E-state index in [0.29, 0.717) is 25.7 Å². The summed E-state index contributed by atoms with van der Waals surface area (Å²) in [5, 5.41) is 7.02. The van der Waals surface area contributed by atoms with E-state index in [1.165, 1.54) is 21.5 Å². The molecule has 0 bridgehead atoms. The monoisotopic (exact) mass is 542 g/mol. The number of benzene rings is 4. The van der Waals surface area contributed by atoms with Gasteiger partial charge in [0.25, 0.3) is 0 Å². The summed E-state index contributed by atoms with van der Waals surface area (Å²) >= 11 is 0. The van der Waals surface area contributed by atoms with Crippen LogP contribution in [0.5, 0.6) is 0 Å². The molecule has 0 heterocycles.